The number of hydrogen-bond acceptors (Lipinski definition) is 6. The highest BCUT2D eigenvalue weighted by molar-refractivity contribution is 7.15. The van der Waals surface area contributed by atoms with E-state index in [1.165, 1.54) is 18.9 Å². The lowest BCUT2D eigenvalue weighted by atomic mass is 10.2. The normalized spacial score (nSPS) is 17.5. The number of anilines is 1. The van der Waals surface area contributed by atoms with Crippen molar-refractivity contribution in [2.75, 3.05) is 4.90 Å². The fraction of sp³-hybridized carbons (Fsp3) is 0.467. The van der Waals surface area contributed by atoms with Crippen molar-refractivity contribution < 1.29 is 4.92 Å². The molecule has 0 N–H and O–H groups in total. The molecule has 4 rings (SSSR count). The number of hydrogen-bond donors (Lipinski definition) is 0. The van der Waals surface area contributed by atoms with Gasteiger partial charge in [-0.25, -0.2) is 0 Å². The van der Waals surface area contributed by atoms with Crippen LogP contribution in [0.15, 0.2) is 24.3 Å². The zero-order valence-electron chi connectivity index (χ0n) is 12.0. The second-order valence-electron chi connectivity index (χ2n) is 5.98. The summed E-state index contributed by atoms with van der Waals surface area (Å²) >= 11 is 1.68. The number of nitrogens with zero attached hydrogens (tertiary/aromatic N) is 4. The molecule has 6 nitrogen and oxygen atoms in total. The molecule has 2 aromatic rings. The molecule has 0 saturated heterocycles. The lowest BCUT2D eigenvalue weighted by Gasteiger charge is -2.20. The van der Waals surface area contributed by atoms with E-state index < -0.39 is 0 Å². The third kappa shape index (κ3) is 2.81. The average Bonchev–Trinajstić information content (AvgIpc) is 3.44. The molecule has 0 amide bonds. The van der Waals surface area contributed by atoms with E-state index in [0.29, 0.717) is 18.5 Å². The van der Waals surface area contributed by atoms with Gasteiger partial charge in [0.25, 0.3) is 5.69 Å². The second kappa shape index (κ2) is 5.31. The Labute approximate surface area is 131 Å². The van der Waals surface area contributed by atoms with Crippen molar-refractivity contribution in [1.29, 1.82) is 0 Å². The molecule has 0 unspecified atom stereocenters. The molecule has 2 aliphatic carbocycles. The topological polar surface area (TPSA) is 72.2 Å². The largest absolute Gasteiger partial charge is 0.339 e. The number of nitro groups is 1. The first-order valence-corrected chi connectivity index (χ1v) is 8.36. The Morgan fingerprint density at radius 1 is 1.27 bits per heavy atom. The van der Waals surface area contributed by atoms with E-state index in [4.69, 9.17) is 0 Å². The van der Waals surface area contributed by atoms with Crippen LogP contribution in [0.3, 0.4) is 0 Å². The van der Waals surface area contributed by atoms with Crippen LogP contribution in [-0.2, 0) is 6.54 Å². The highest BCUT2D eigenvalue weighted by Gasteiger charge is 2.33. The van der Waals surface area contributed by atoms with E-state index in [1.807, 2.05) is 6.07 Å². The van der Waals surface area contributed by atoms with Gasteiger partial charge in [0.2, 0.25) is 5.13 Å². The standard InChI is InChI=1S/C15H16N4O2S/c20-19(21)13-3-1-2-10(8-13)9-18(12-6-7-12)15-17-16-14(22-15)11-4-5-11/h1-3,8,11-12H,4-7,9H2. The molecule has 2 aliphatic rings. The highest BCUT2D eigenvalue weighted by Crippen LogP contribution is 2.44. The number of benzene rings is 1. The molecule has 0 bridgehead atoms. The van der Waals surface area contributed by atoms with E-state index >= 15 is 0 Å². The van der Waals surface area contributed by atoms with Crippen LogP contribution in [0, 0.1) is 10.1 Å². The Hall–Kier alpha value is -2.02. The zero-order valence-corrected chi connectivity index (χ0v) is 12.8. The van der Waals surface area contributed by atoms with Gasteiger partial charge in [0.05, 0.1) is 4.92 Å². The fourth-order valence-electron chi connectivity index (χ4n) is 2.54. The maximum absolute atomic E-state index is 10.9. The van der Waals surface area contributed by atoms with Crippen LogP contribution in [0.2, 0.25) is 0 Å². The summed E-state index contributed by atoms with van der Waals surface area (Å²) in [5, 5.41) is 21.7. The van der Waals surface area contributed by atoms with Crippen molar-refractivity contribution in [3.8, 4) is 0 Å². The molecule has 2 saturated carbocycles. The first kappa shape index (κ1) is 13.6. The van der Waals surface area contributed by atoms with E-state index in [-0.39, 0.29) is 10.6 Å². The van der Waals surface area contributed by atoms with Crippen molar-refractivity contribution in [3.05, 3.63) is 45.0 Å². The summed E-state index contributed by atoms with van der Waals surface area (Å²) in [6.45, 7) is 0.658. The molecule has 1 aromatic heterocycles. The van der Waals surface area contributed by atoms with Crippen LogP contribution in [-0.4, -0.2) is 21.2 Å². The minimum Gasteiger partial charge on any atom is -0.339 e. The van der Waals surface area contributed by atoms with Crippen LogP contribution < -0.4 is 4.90 Å². The Morgan fingerprint density at radius 3 is 2.77 bits per heavy atom. The van der Waals surface area contributed by atoms with Crippen LogP contribution >= 0.6 is 11.3 Å². The van der Waals surface area contributed by atoms with Gasteiger partial charge >= 0.3 is 0 Å². The SMILES string of the molecule is O=[N+]([O-])c1cccc(CN(c2nnc(C3CC3)s2)C2CC2)c1. The molecule has 0 radical (unpaired) electrons. The Morgan fingerprint density at radius 2 is 2.09 bits per heavy atom. The molecule has 7 heteroatoms. The van der Waals surface area contributed by atoms with Crippen molar-refractivity contribution in [3.63, 3.8) is 0 Å². The van der Waals surface area contributed by atoms with Gasteiger partial charge in [-0.2, -0.15) is 0 Å². The van der Waals surface area contributed by atoms with Crippen molar-refractivity contribution >= 4 is 22.2 Å². The Balaban J connectivity index is 1.56. The molecule has 22 heavy (non-hydrogen) atoms. The number of nitro benzene ring substituents is 1. The van der Waals surface area contributed by atoms with Crippen molar-refractivity contribution in [1.82, 2.24) is 10.2 Å². The molecule has 0 atom stereocenters. The minimum absolute atomic E-state index is 0.143. The molecule has 2 fully saturated rings. The van der Waals surface area contributed by atoms with E-state index in [2.05, 4.69) is 15.1 Å². The maximum atomic E-state index is 10.9. The summed E-state index contributed by atoms with van der Waals surface area (Å²) in [6.07, 6.45) is 4.77. The van der Waals surface area contributed by atoms with Gasteiger partial charge in [-0.1, -0.05) is 23.5 Å². The molecule has 0 spiro atoms. The van der Waals surface area contributed by atoms with Crippen LogP contribution in [0.4, 0.5) is 10.8 Å². The van der Waals surface area contributed by atoms with Gasteiger partial charge in [0.15, 0.2) is 0 Å². The predicted octanol–water partition coefficient (Wildman–Crippen LogP) is 3.49. The summed E-state index contributed by atoms with van der Waals surface area (Å²) in [6, 6.07) is 7.36. The molecule has 114 valence electrons. The molecule has 1 aromatic carbocycles. The number of non-ortho nitro benzene ring substituents is 1. The summed E-state index contributed by atoms with van der Waals surface area (Å²) in [4.78, 5) is 12.8. The smallest absolute Gasteiger partial charge is 0.269 e. The van der Waals surface area contributed by atoms with Gasteiger partial charge in [0, 0.05) is 30.6 Å². The van der Waals surface area contributed by atoms with E-state index in [9.17, 15) is 10.1 Å². The van der Waals surface area contributed by atoms with Gasteiger partial charge in [-0.15, -0.1) is 10.2 Å². The first-order chi connectivity index (χ1) is 10.7. The summed E-state index contributed by atoms with van der Waals surface area (Å²) in [5.74, 6) is 0.616. The van der Waals surface area contributed by atoms with Gasteiger partial charge in [0.1, 0.15) is 5.01 Å². The van der Waals surface area contributed by atoms with E-state index in [1.54, 1.807) is 23.5 Å². The van der Waals surface area contributed by atoms with Gasteiger partial charge in [-0.05, 0) is 31.2 Å². The number of rotatable bonds is 6. The highest BCUT2D eigenvalue weighted by atomic mass is 32.1. The van der Waals surface area contributed by atoms with Gasteiger partial charge in [-0.3, -0.25) is 10.1 Å². The lowest BCUT2D eigenvalue weighted by Crippen LogP contribution is -2.24. The third-order valence-electron chi connectivity index (χ3n) is 4.06. The second-order valence-corrected chi connectivity index (χ2v) is 6.97. The zero-order chi connectivity index (χ0) is 15.1. The lowest BCUT2D eigenvalue weighted by molar-refractivity contribution is -0.384. The third-order valence-corrected chi connectivity index (χ3v) is 5.19. The number of aromatic nitrogens is 2. The Bertz CT molecular complexity index is 709. The van der Waals surface area contributed by atoms with Crippen molar-refractivity contribution in [2.24, 2.45) is 0 Å². The van der Waals surface area contributed by atoms with Gasteiger partial charge < -0.3 is 4.90 Å². The predicted molar refractivity (Wildman–Crippen MR) is 84.2 cm³/mol. The van der Waals surface area contributed by atoms with Crippen molar-refractivity contribution in [2.45, 2.75) is 44.2 Å². The summed E-state index contributed by atoms with van der Waals surface area (Å²) < 4.78 is 0. The summed E-state index contributed by atoms with van der Waals surface area (Å²) in [7, 11) is 0. The molecule has 1 heterocycles. The van der Waals surface area contributed by atoms with E-state index in [0.717, 1.165) is 28.5 Å². The van der Waals surface area contributed by atoms with Crippen LogP contribution in [0.5, 0.6) is 0 Å². The van der Waals surface area contributed by atoms with Crippen LogP contribution in [0.1, 0.15) is 42.2 Å². The quantitative estimate of drug-likeness (QED) is 0.602. The summed E-state index contributed by atoms with van der Waals surface area (Å²) in [5.41, 5.74) is 1.09. The average molecular weight is 316 g/mol. The molecular formula is C15H16N4O2S. The molecular weight excluding hydrogens is 300 g/mol. The Kier molecular flexibility index (Phi) is 3.29. The molecule has 0 aliphatic heterocycles. The maximum Gasteiger partial charge on any atom is 0.269 e. The van der Waals surface area contributed by atoms with Crippen LogP contribution in [0.25, 0.3) is 0 Å². The fourth-order valence-corrected chi connectivity index (χ4v) is 3.63. The monoisotopic (exact) mass is 316 g/mol. The first-order valence-electron chi connectivity index (χ1n) is 7.54. The minimum atomic E-state index is -0.346.